The predicted octanol–water partition coefficient (Wildman–Crippen LogP) is 6.25. The van der Waals surface area contributed by atoms with Gasteiger partial charge in [-0.15, -0.1) is 0 Å². The average Bonchev–Trinajstić information content (AvgIpc) is 3.17. The summed E-state index contributed by atoms with van der Waals surface area (Å²) < 4.78 is 69.5. The molecule has 0 saturated carbocycles. The van der Waals surface area contributed by atoms with E-state index in [0.29, 0.717) is 21.6 Å². The van der Waals surface area contributed by atoms with Gasteiger partial charge in [0.1, 0.15) is 17.4 Å². The van der Waals surface area contributed by atoms with E-state index in [1.807, 2.05) is 6.07 Å². The fraction of sp³-hybridized carbons (Fsp3) is 0.0909. The van der Waals surface area contributed by atoms with E-state index in [9.17, 15) is 26.7 Å². The Balaban J connectivity index is 1.77. The highest BCUT2D eigenvalue weighted by Crippen LogP contribution is 2.33. The van der Waals surface area contributed by atoms with Gasteiger partial charge in [0.15, 0.2) is 23.3 Å². The summed E-state index contributed by atoms with van der Waals surface area (Å²) in [4.78, 5) is 12.7. The molecule has 10 heteroatoms. The van der Waals surface area contributed by atoms with Crippen molar-refractivity contribution in [2.45, 2.75) is 13.0 Å². The molecule has 164 valence electrons. The molecule has 0 fully saturated rings. The number of aromatic nitrogens is 2. The molecule has 4 nitrogen and oxygen atoms in total. The highest BCUT2D eigenvalue weighted by atomic mass is 35.5. The summed E-state index contributed by atoms with van der Waals surface area (Å²) in [5, 5.41) is 7.28. The first-order chi connectivity index (χ1) is 15.2. The number of carbonyl (C=O) groups excluding carboxylic acids is 1. The molecule has 0 saturated heterocycles. The zero-order chi connectivity index (χ0) is 23.2. The molecule has 0 aliphatic heterocycles. The second-order valence-corrected chi connectivity index (χ2v) is 7.37. The number of rotatable bonds is 4. The van der Waals surface area contributed by atoms with Crippen LogP contribution in [0, 0.1) is 29.1 Å². The third-order valence-corrected chi connectivity index (χ3v) is 5.15. The summed E-state index contributed by atoms with van der Waals surface area (Å²) in [6.07, 6.45) is 0. The number of benzene rings is 3. The lowest BCUT2D eigenvalue weighted by Crippen LogP contribution is -2.26. The van der Waals surface area contributed by atoms with Gasteiger partial charge in [-0.25, -0.2) is 22.0 Å². The number of hydrogen-bond acceptors (Lipinski definition) is 2. The smallest absolute Gasteiger partial charge is 0.249 e. The first-order valence-corrected chi connectivity index (χ1v) is 9.64. The van der Waals surface area contributed by atoms with Gasteiger partial charge in [-0.05, 0) is 25.1 Å². The SMILES string of the molecule is CC(C(=O)Nc1c(F)c(F)c(F)c(F)c1F)n1nc(-c2ccccc2)c2cc(Cl)ccc21. The van der Waals surface area contributed by atoms with E-state index >= 15 is 0 Å². The molecule has 4 rings (SSSR count). The van der Waals surface area contributed by atoms with Crippen LogP contribution in [0.3, 0.4) is 0 Å². The van der Waals surface area contributed by atoms with Crippen molar-refractivity contribution in [1.29, 1.82) is 0 Å². The Hall–Kier alpha value is -3.46. The highest BCUT2D eigenvalue weighted by Gasteiger charge is 2.29. The van der Waals surface area contributed by atoms with E-state index in [1.54, 1.807) is 47.8 Å². The van der Waals surface area contributed by atoms with E-state index < -0.39 is 46.7 Å². The van der Waals surface area contributed by atoms with Crippen molar-refractivity contribution >= 4 is 34.1 Å². The van der Waals surface area contributed by atoms with Crippen molar-refractivity contribution in [3.8, 4) is 11.3 Å². The topological polar surface area (TPSA) is 46.9 Å². The maximum atomic E-state index is 14.0. The summed E-state index contributed by atoms with van der Waals surface area (Å²) >= 11 is 6.11. The van der Waals surface area contributed by atoms with Crippen LogP contribution < -0.4 is 5.32 Å². The molecular weight excluding hydrogens is 453 g/mol. The minimum atomic E-state index is -2.31. The molecule has 1 amide bonds. The van der Waals surface area contributed by atoms with Crippen LogP contribution in [-0.4, -0.2) is 15.7 Å². The fourth-order valence-electron chi connectivity index (χ4n) is 3.27. The number of nitrogens with one attached hydrogen (secondary N) is 1. The molecule has 0 radical (unpaired) electrons. The molecule has 1 atom stereocenters. The van der Waals surface area contributed by atoms with Gasteiger partial charge >= 0.3 is 0 Å². The molecule has 0 aliphatic rings. The Kier molecular flexibility index (Phi) is 5.60. The predicted molar refractivity (Wildman–Crippen MR) is 110 cm³/mol. The van der Waals surface area contributed by atoms with Crippen molar-refractivity contribution in [1.82, 2.24) is 9.78 Å². The normalized spacial score (nSPS) is 12.2. The number of halogens is 6. The van der Waals surface area contributed by atoms with Gasteiger partial charge < -0.3 is 5.32 Å². The molecule has 0 bridgehead atoms. The maximum Gasteiger partial charge on any atom is 0.249 e. The van der Waals surface area contributed by atoms with E-state index in [2.05, 4.69) is 5.10 Å². The Morgan fingerprint density at radius 3 is 2.16 bits per heavy atom. The second kappa shape index (κ2) is 8.23. The third kappa shape index (κ3) is 3.58. The summed E-state index contributed by atoms with van der Waals surface area (Å²) in [6, 6.07) is 12.7. The quantitative estimate of drug-likeness (QED) is 0.220. The van der Waals surface area contributed by atoms with Gasteiger partial charge in [0, 0.05) is 16.0 Å². The molecule has 1 unspecified atom stereocenters. The summed E-state index contributed by atoms with van der Waals surface area (Å²) in [5.74, 6) is -11.9. The fourth-order valence-corrected chi connectivity index (χ4v) is 3.44. The summed E-state index contributed by atoms with van der Waals surface area (Å²) in [7, 11) is 0. The van der Waals surface area contributed by atoms with E-state index in [-0.39, 0.29) is 0 Å². The van der Waals surface area contributed by atoms with Crippen molar-refractivity contribution in [3.05, 3.63) is 82.6 Å². The van der Waals surface area contributed by atoms with Crippen LogP contribution in [0.4, 0.5) is 27.6 Å². The van der Waals surface area contributed by atoms with E-state index in [1.165, 1.54) is 11.6 Å². The van der Waals surface area contributed by atoms with Crippen molar-refractivity contribution in [2.75, 3.05) is 5.32 Å². The first-order valence-electron chi connectivity index (χ1n) is 9.26. The molecule has 1 heterocycles. The van der Waals surface area contributed by atoms with Crippen molar-refractivity contribution < 1.29 is 26.7 Å². The third-order valence-electron chi connectivity index (χ3n) is 4.92. The minimum Gasteiger partial charge on any atom is -0.319 e. The number of carbonyl (C=O) groups is 1. The van der Waals surface area contributed by atoms with Crippen molar-refractivity contribution in [3.63, 3.8) is 0 Å². The summed E-state index contributed by atoms with van der Waals surface area (Å²) in [6.45, 7) is 1.37. The molecular formula is C22H13ClF5N3O. The number of anilines is 1. The maximum absolute atomic E-state index is 14.0. The Morgan fingerprint density at radius 1 is 0.938 bits per heavy atom. The van der Waals surface area contributed by atoms with Crippen LogP contribution in [0.5, 0.6) is 0 Å². The molecule has 0 spiro atoms. The Bertz CT molecular complexity index is 1330. The zero-order valence-electron chi connectivity index (χ0n) is 16.3. The Labute approximate surface area is 183 Å². The van der Waals surface area contributed by atoms with Crippen LogP contribution in [0.1, 0.15) is 13.0 Å². The molecule has 0 aliphatic carbocycles. The standard InChI is InChI=1S/C22H13ClF5N3O/c1-10(22(32)29-21-18(27)16(25)15(24)17(26)19(21)28)31-14-8-7-12(23)9-13(14)20(30-31)11-5-3-2-4-6-11/h2-10H,1H3,(H,29,32). The van der Waals surface area contributed by atoms with Gasteiger partial charge in [0.05, 0.1) is 5.52 Å². The molecule has 1 N–H and O–H groups in total. The van der Waals surface area contributed by atoms with Gasteiger partial charge in [0.25, 0.3) is 0 Å². The minimum absolute atomic E-state index is 0.424. The zero-order valence-corrected chi connectivity index (χ0v) is 17.0. The van der Waals surface area contributed by atoms with Crippen LogP contribution in [0.25, 0.3) is 22.2 Å². The van der Waals surface area contributed by atoms with Gasteiger partial charge in [0.2, 0.25) is 11.7 Å². The summed E-state index contributed by atoms with van der Waals surface area (Å²) in [5.41, 5.74) is 0.277. The highest BCUT2D eigenvalue weighted by molar-refractivity contribution is 6.31. The number of hydrogen-bond donors (Lipinski definition) is 1. The number of amides is 1. The first kappa shape index (κ1) is 21.8. The van der Waals surface area contributed by atoms with Gasteiger partial charge in [-0.1, -0.05) is 41.9 Å². The monoisotopic (exact) mass is 465 g/mol. The Morgan fingerprint density at radius 2 is 1.53 bits per heavy atom. The lowest BCUT2D eigenvalue weighted by molar-refractivity contribution is -0.119. The van der Waals surface area contributed by atoms with Crippen LogP contribution >= 0.6 is 11.6 Å². The molecule has 32 heavy (non-hydrogen) atoms. The second-order valence-electron chi connectivity index (χ2n) is 6.93. The van der Waals surface area contributed by atoms with Crippen LogP contribution in [0.15, 0.2) is 48.5 Å². The van der Waals surface area contributed by atoms with E-state index in [0.717, 1.165) is 5.56 Å². The molecule has 1 aromatic heterocycles. The lowest BCUT2D eigenvalue weighted by atomic mass is 10.1. The number of nitrogens with zero attached hydrogens (tertiary/aromatic N) is 2. The lowest BCUT2D eigenvalue weighted by Gasteiger charge is -2.15. The van der Waals surface area contributed by atoms with E-state index in [4.69, 9.17) is 11.6 Å². The van der Waals surface area contributed by atoms with Crippen LogP contribution in [-0.2, 0) is 4.79 Å². The molecule has 3 aromatic carbocycles. The van der Waals surface area contributed by atoms with Crippen molar-refractivity contribution in [2.24, 2.45) is 0 Å². The van der Waals surface area contributed by atoms with Crippen LogP contribution in [0.2, 0.25) is 5.02 Å². The molecule has 4 aromatic rings. The van der Waals surface area contributed by atoms with Gasteiger partial charge in [-0.3, -0.25) is 9.48 Å². The average molecular weight is 466 g/mol. The number of fused-ring (bicyclic) bond motifs is 1. The largest absolute Gasteiger partial charge is 0.319 e. The van der Waals surface area contributed by atoms with Gasteiger partial charge in [-0.2, -0.15) is 5.10 Å².